The number of fused-ring (bicyclic) bond motifs is 2. The van der Waals surface area contributed by atoms with Crippen LogP contribution < -0.4 is 10.6 Å². The van der Waals surface area contributed by atoms with Gasteiger partial charge in [0.1, 0.15) is 5.82 Å². The van der Waals surface area contributed by atoms with Gasteiger partial charge in [0.15, 0.2) is 0 Å². The van der Waals surface area contributed by atoms with Crippen molar-refractivity contribution in [3.63, 3.8) is 0 Å². The molecule has 1 aliphatic carbocycles. The first kappa shape index (κ1) is 19.7. The van der Waals surface area contributed by atoms with Gasteiger partial charge in [-0.1, -0.05) is 24.3 Å². The standard InChI is InChI=1S/C25H22FN3OS/c26-18-7-8-20-16(13-18)6-9-24(22(20)14-19-4-2-12-31-19)29-25(30)28-23-5-1-3-17-15-27-11-10-21(17)23/h1-5,7-8,10-13,15,22,24H,6,9,14H2,(H2,28,29,30). The maximum atomic E-state index is 13.8. The van der Waals surface area contributed by atoms with Gasteiger partial charge in [-0.15, -0.1) is 11.3 Å². The molecular weight excluding hydrogens is 409 g/mol. The number of thiophene rings is 1. The molecule has 2 N–H and O–H groups in total. The van der Waals surface area contributed by atoms with Gasteiger partial charge < -0.3 is 10.6 Å². The van der Waals surface area contributed by atoms with Crippen LogP contribution in [0, 0.1) is 5.82 Å². The van der Waals surface area contributed by atoms with Crippen LogP contribution in [-0.2, 0) is 12.8 Å². The van der Waals surface area contributed by atoms with Gasteiger partial charge in [0.05, 0.1) is 5.69 Å². The van der Waals surface area contributed by atoms with Crippen LogP contribution >= 0.6 is 11.3 Å². The molecule has 4 nitrogen and oxygen atoms in total. The van der Waals surface area contributed by atoms with Gasteiger partial charge in [-0.3, -0.25) is 4.98 Å². The lowest BCUT2D eigenvalue weighted by atomic mass is 9.77. The second-order valence-corrected chi connectivity index (χ2v) is 8.91. The van der Waals surface area contributed by atoms with E-state index >= 15 is 0 Å². The zero-order valence-corrected chi connectivity index (χ0v) is 17.7. The van der Waals surface area contributed by atoms with E-state index in [1.165, 1.54) is 10.9 Å². The molecule has 4 aromatic rings. The molecule has 0 saturated carbocycles. The van der Waals surface area contributed by atoms with E-state index in [1.54, 1.807) is 29.8 Å². The Hall–Kier alpha value is -3.25. The molecule has 31 heavy (non-hydrogen) atoms. The third kappa shape index (κ3) is 4.16. The minimum absolute atomic E-state index is 0.0308. The molecule has 0 radical (unpaired) electrons. The number of carbonyl (C=O) groups excluding carboxylic acids is 1. The zero-order valence-electron chi connectivity index (χ0n) is 16.8. The van der Waals surface area contributed by atoms with Crippen LogP contribution in [0.2, 0.25) is 0 Å². The maximum Gasteiger partial charge on any atom is 0.319 e. The van der Waals surface area contributed by atoms with E-state index in [4.69, 9.17) is 0 Å². The fourth-order valence-electron chi connectivity index (χ4n) is 4.51. The average Bonchev–Trinajstić information content (AvgIpc) is 3.29. The normalized spacial score (nSPS) is 17.8. The van der Waals surface area contributed by atoms with Gasteiger partial charge in [0, 0.05) is 40.0 Å². The fourth-order valence-corrected chi connectivity index (χ4v) is 5.28. The number of hydrogen-bond donors (Lipinski definition) is 2. The van der Waals surface area contributed by atoms with Crippen LogP contribution in [0.25, 0.3) is 10.8 Å². The Morgan fingerprint density at radius 2 is 2.10 bits per heavy atom. The van der Waals surface area contributed by atoms with Crippen LogP contribution in [0.4, 0.5) is 14.9 Å². The summed E-state index contributed by atoms with van der Waals surface area (Å²) in [5.74, 6) is -0.103. The molecule has 1 aliphatic rings. The van der Waals surface area contributed by atoms with Gasteiger partial charge in [0.25, 0.3) is 0 Å². The van der Waals surface area contributed by atoms with E-state index in [0.717, 1.165) is 46.8 Å². The average molecular weight is 432 g/mol. The van der Waals surface area contributed by atoms with E-state index in [0.29, 0.717) is 0 Å². The number of hydrogen-bond acceptors (Lipinski definition) is 3. The summed E-state index contributed by atoms with van der Waals surface area (Å²) < 4.78 is 13.8. The quantitative estimate of drug-likeness (QED) is 0.423. The summed E-state index contributed by atoms with van der Waals surface area (Å²) in [6.07, 6.45) is 5.85. The monoisotopic (exact) mass is 431 g/mol. The highest BCUT2D eigenvalue weighted by Crippen LogP contribution is 2.36. The minimum Gasteiger partial charge on any atom is -0.334 e. The van der Waals surface area contributed by atoms with Gasteiger partial charge in [-0.2, -0.15) is 0 Å². The van der Waals surface area contributed by atoms with Crippen LogP contribution in [0.3, 0.4) is 0 Å². The molecule has 0 spiro atoms. The topological polar surface area (TPSA) is 54.0 Å². The molecule has 156 valence electrons. The third-order valence-corrected chi connectivity index (χ3v) is 6.86. The number of nitrogens with one attached hydrogen (secondary N) is 2. The molecule has 2 aromatic carbocycles. The Balaban J connectivity index is 1.38. The van der Waals surface area contributed by atoms with E-state index in [-0.39, 0.29) is 23.8 Å². The number of urea groups is 1. The van der Waals surface area contributed by atoms with E-state index in [1.807, 2.05) is 36.4 Å². The lowest BCUT2D eigenvalue weighted by Gasteiger charge is -2.34. The van der Waals surface area contributed by atoms with Crippen molar-refractivity contribution >= 4 is 33.8 Å². The molecule has 0 fully saturated rings. The first-order valence-corrected chi connectivity index (χ1v) is 11.3. The Labute approximate surface area is 184 Å². The number of nitrogens with zero attached hydrogens (tertiary/aromatic N) is 1. The molecule has 0 aliphatic heterocycles. The van der Waals surface area contributed by atoms with Crippen LogP contribution in [0.15, 0.2) is 72.4 Å². The molecule has 6 heteroatoms. The fraction of sp³-hybridized carbons (Fsp3) is 0.200. The Bertz CT molecular complexity index is 1220. The molecule has 0 bridgehead atoms. The Morgan fingerprint density at radius 1 is 1.16 bits per heavy atom. The number of aryl methyl sites for hydroxylation is 1. The van der Waals surface area contributed by atoms with Crippen LogP contribution in [-0.4, -0.2) is 17.1 Å². The number of aromatic nitrogens is 1. The van der Waals surface area contributed by atoms with E-state index < -0.39 is 0 Å². The minimum atomic E-state index is -0.226. The lowest BCUT2D eigenvalue weighted by molar-refractivity contribution is 0.244. The van der Waals surface area contributed by atoms with Gasteiger partial charge in [-0.05, 0) is 66.1 Å². The van der Waals surface area contributed by atoms with Crippen molar-refractivity contribution in [2.75, 3.05) is 5.32 Å². The van der Waals surface area contributed by atoms with E-state index in [9.17, 15) is 9.18 Å². The molecule has 2 amide bonds. The van der Waals surface area contributed by atoms with Crippen molar-refractivity contribution < 1.29 is 9.18 Å². The first-order valence-electron chi connectivity index (χ1n) is 10.4. The number of halogens is 1. The Morgan fingerprint density at radius 3 is 2.97 bits per heavy atom. The predicted octanol–water partition coefficient (Wildman–Crippen LogP) is 5.90. The van der Waals surface area contributed by atoms with Gasteiger partial charge in [0.2, 0.25) is 0 Å². The smallest absolute Gasteiger partial charge is 0.319 e. The van der Waals surface area contributed by atoms with Crippen LogP contribution in [0.1, 0.15) is 28.3 Å². The molecule has 2 heterocycles. The zero-order chi connectivity index (χ0) is 21.2. The highest BCUT2D eigenvalue weighted by molar-refractivity contribution is 7.09. The summed E-state index contributed by atoms with van der Waals surface area (Å²) in [5, 5.41) is 10.2. The molecule has 0 saturated heterocycles. The summed E-state index contributed by atoms with van der Waals surface area (Å²) in [6.45, 7) is 0. The van der Waals surface area contributed by atoms with Crippen molar-refractivity contribution in [2.24, 2.45) is 0 Å². The number of anilines is 1. The maximum absolute atomic E-state index is 13.8. The SMILES string of the molecule is O=C(Nc1cccc2cnccc12)NC1CCc2cc(F)ccc2C1Cc1cccs1. The first-order chi connectivity index (χ1) is 15.2. The highest BCUT2D eigenvalue weighted by Gasteiger charge is 2.31. The predicted molar refractivity (Wildman–Crippen MR) is 123 cm³/mol. The second kappa shape index (κ2) is 8.47. The molecule has 5 rings (SSSR count). The summed E-state index contributed by atoms with van der Waals surface area (Å²) in [6, 6.07) is 16.6. The van der Waals surface area contributed by atoms with Crippen molar-refractivity contribution in [3.05, 3.63) is 94.2 Å². The van der Waals surface area contributed by atoms with Gasteiger partial charge >= 0.3 is 6.03 Å². The van der Waals surface area contributed by atoms with Crippen LogP contribution in [0.5, 0.6) is 0 Å². The van der Waals surface area contributed by atoms with Gasteiger partial charge in [-0.25, -0.2) is 9.18 Å². The molecule has 2 unspecified atom stereocenters. The number of pyridine rings is 1. The molecule has 2 aromatic heterocycles. The summed E-state index contributed by atoms with van der Waals surface area (Å²) in [4.78, 5) is 18.3. The molecular formula is C25H22FN3OS. The summed E-state index contributed by atoms with van der Waals surface area (Å²) in [7, 11) is 0. The van der Waals surface area contributed by atoms with E-state index in [2.05, 4.69) is 27.1 Å². The van der Waals surface area contributed by atoms with Crippen molar-refractivity contribution in [1.82, 2.24) is 10.3 Å². The van der Waals surface area contributed by atoms with Crippen molar-refractivity contribution in [2.45, 2.75) is 31.2 Å². The molecule has 2 atom stereocenters. The number of rotatable bonds is 4. The third-order valence-electron chi connectivity index (χ3n) is 5.96. The Kier molecular flexibility index (Phi) is 5.38. The largest absolute Gasteiger partial charge is 0.334 e. The lowest BCUT2D eigenvalue weighted by Crippen LogP contribution is -2.44. The number of carbonyl (C=O) groups is 1. The second-order valence-electron chi connectivity index (χ2n) is 7.88. The number of benzene rings is 2. The van der Waals surface area contributed by atoms with Crippen molar-refractivity contribution in [1.29, 1.82) is 0 Å². The number of amides is 2. The van der Waals surface area contributed by atoms with Crippen molar-refractivity contribution in [3.8, 4) is 0 Å². The highest BCUT2D eigenvalue weighted by atomic mass is 32.1. The summed E-state index contributed by atoms with van der Waals surface area (Å²) in [5.41, 5.74) is 2.93. The summed E-state index contributed by atoms with van der Waals surface area (Å²) >= 11 is 1.71.